The van der Waals surface area contributed by atoms with Crippen LogP contribution in [0.2, 0.25) is 0 Å². The molecule has 2 aromatic heterocycles. The maximum Gasteiger partial charge on any atom is 0.311 e. The summed E-state index contributed by atoms with van der Waals surface area (Å²) in [4.78, 5) is 49.5. The minimum Gasteiger partial charge on any atom is -0.494 e. The highest BCUT2D eigenvalue weighted by molar-refractivity contribution is 9.10. The molecule has 0 spiro atoms. The van der Waals surface area contributed by atoms with Crippen molar-refractivity contribution in [3.05, 3.63) is 127 Å². The van der Waals surface area contributed by atoms with Crippen LogP contribution in [0.4, 0.5) is 8.78 Å². The molecule has 6 aromatic rings. The van der Waals surface area contributed by atoms with Gasteiger partial charge in [-0.1, -0.05) is 45.2 Å². The number of carboxylic acids is 2. The van der Waals surface area contributed by atoms with Gasteiger partial charge in [-0.3, -0.25) is 28.3 Å². The van der Waals surface area contributed by atoms with Crippen molar-refractivity contribution in [3.8, 4) is 11.5 Å². The summed E-state index contributed by atoms with van der Waals surface area (Å²) in [5.41, 5.74) is 3.37. The average Bonchev–Trinajstić information content (AvgIpc) is 3.57. The van der Waals surface area contributed by atoms with Crippen LogP contribution < -0.4 is 9.47 Å². The number of carbonyl (C=O) groups excluding carboxylic acids is 2. The topological polar surface area (TPSA) is 137 Å². The molecule has 1 unspecified atom stereocenters. The van der Waals surface area contributed by atoms with E-state index in [2.05, 4.69) is 31.9 Å². The van der Waals surface area contributed by atoms with Crippen LogP contribution in [0.15, 0.2) is 81.7 Å². The lowest BCUT2D eigenvalue weighted by atomic mass is 9.92. The lowest BCUT2D eigenvalue weighted by Crippen LogP contribution is -2.16. The Kier molecular flexibility index (Phi) is 12.6. The van der Waals surface area contributed by atoms with Gasteiger partial charge >= 0.3 is 11.9 Å². The van der Waals surface area contributed by atoms with Crippen molar-refractivity contribution >= 4 is 77.4 Å². The molecule has 0 saturated carbocycles. The number of aromatic nitrogens is 2. The number of ether oxygens (including phenoxy) is 2. The van der Waals surface area contributed by atoms with Crippen LogP contribution in [0.5, 0.6) is 11.5 Å². The Morgan fingerprint density at radius 2 is 1.15 bits per heavy atom. The largest absolute Gasteiger partial charge is 0.494 e. The molecular formula is C41H36Br2F2N2O8. The first-order valence-corrected chi connectivity index (χ1v) is 18.5. The monoisotopic (exact) mass is 880 g/mol. The average molecular weight is 883 g/mol. The number of benzene rings is 4. The second-order valence-electron chi connectivity index (χ2n) is 12.6. The Hall–Kier alpha value is -5.34. The molecule has 10 nitrogen and oxygen atoms in total. The van der Waals surface area contributed by atoms with Gasteiger partial charge in [0.05, 0.1) is 37.6 Å². The van der Waals surface area contributed by atoms with Crippen LogP contribution in [0.1, 0.15) is 68.9 Å². The van der Waals surface area contributed by atoms with Crippen LogP contribution in [-0.2, 0) is 16.0 Å². The van der Waals surface area contributed by atoms with Gasteiger partial charge in [-0.2, -0.15) is 0 Å². The molecule has 0 bridgehead atoms. The van der Waals surface area contributed by atoms with Crippen molar-refractivity contribution < 1.29 is 47.6 Å². The highest BCUT2D eigenvalue weighted by atomic mass is 79.9. The molecule has 0 amide bonds. The van der Waals surface area contributed by atoms with Crippen molar-refractivity contribution in [2.24, 2.45) is 0 Å². The summed E-state index contributed by atoms with van der Waals surface area (Å²) in [7, 11) is 2.68. The number of hydrogen-bond acceptors (Lipinski definition) is 6. The van der Waals surface area contributed by atoms with Crippen LogP contribution in [0.25, 0.3) is 21.8 Å². The Bertz CT molecular complexity index is 2460. The number of carboxylic acid groups (broad SMARTS) is 2. The predicted octanol–water partition coefficient (Wildman–Crippen LogP) is 9.69. The summed E-state index contributed by atoms with van der Waals surface area (Å²) in [6, 6.07) is 18.9. The Morgan fingerprint density at radius 3 is 1.56 bits per heavy atom. The fourth-order valence-corrected chi connectivity index (χ4v) is 7.22. The van der Waals surface area contributed by atoms with Gasteiger partial charge in [0, 0.05) is 54.4 Å². The number of rotatable bonds is 10. The lowest BCUT2D eigenvalue weighted by molar-refractivity contribution is -0.139. The number of hydrogen-bond donors (Lipinski definition) is 2. The zero-order valence-electron chi connectivity index (χ0n) is 30.4. The summed E-state index contributed by atoms with van der Waals surface area (Å²) in [5.74, 6) is -4.76. The normalized spacial score (nSPS) is 11.6. The van der Waals surface area contributed by atoms with Crippen molar-refractivity contribution in [3.63, 3.8) is 0 Å². The van der Waals surface area contributed by atoms with E-state index in [0.29, 0.717) is 68.3 Å². The van der Waals surface area contributed by atoms with Crippen molar-refractivity contribution in [2.45, 2.75) is 46.0 Å². The first-order valence-electron chi connectivity index (χ1n) is 16.9. The minimum absolute atomic E-state index is 0.00243. The maximum atomic E-state index is 14.5. The smallest absolute Gasteiger partial charge is 0.311 e. The van der Waals surface area contributed by atoms with E-state index in [0.717, 1.165) is 8.95 Å². The molecule has 4 aromatic carbocycles. The van der Waals surface area contributed by atoms with Crippen molar-refractivity contribution in [1.82, 2.24) is 9.13 Å². The van der Waals surface area contributed by atoms with Gasteiger partial charge < -0.3 is 19.7 Å². The molecule has 0 aliphatic carbocycles. The van der Waals surface area contributed by atoms with E-state index in [9.17, 15) is 38.2 Å². The Balaban J connectivity index is 0.000000212. The third kappa shape index (κ3) is 8.20. The van der Waals surface area contributed by atoms with E-state index >= 15 is 0 Å². The SMILES string of the molecule is CCCC(C(=O)O)c1c(C)n(C(=O)c2ccc(Br)cc2)c2cc(F)c(OC)cc12.COc1cc2c(CC(=O)O)c(C)n(C(=O)c3ccc(Br)cc3)c2cc1F. The number of nitrogens with zero attached hydrogens (tertiary/aromatic N) is 2. The number of aliphatic carboxylic acids is 2. The molecule has 1 atom stereocenters. The van der Waals surface area contributed by atoms with Crippen molar-refractivity contribution in [1.29, 1.82) is 0 Å². The zero-order chi connectivity index (χ0) is 40.3. The number of methoxy groups -OCH3 is 2. The zero-order valence-corrected chi connectivity index (χ0v) is 33.5. The van der Waals surface area contributed by atoms with E-state index in [1.807, 2.05) is 6.92 Å². The van der Waals surface area contributed by atoms with Gasteiger partial charge in [0.1, 0.15) is 0 Å². The van der Waals surface area contributed by atoms with Gasteiger partial charge in [-0.05, 0) is 92.1 Å². The summed E-state index contributed by atoms with van der Waals surface area (Å²) in [6.07, 6.45) is 0.779. The van der Waals surface area contributed by atoms with Crippen LogP contribution in [0.3, 0.4) is 0 Å². The van der Waals surface area contributed by atoms with Crippen LogP contribution >= 0.6 is 31.9 Å². The fourth-order valence-electron chi connectivity index (χ4n) is 6.69. The van der Waals surface area contributed by atoms with E-state index in [-0.39, 0.29) is 29.7 Å². The fraction of sp³-hybridized carbons (Fsp3) is 0.220. The van der Waals surface area contributed by atoms with Gasteiger partial charge in [0.2, 0.25) is 0 Å². The number of carbonyl (C=O) groups is 4. The molecule has 0 fully saturated rings. The van der Waals surface area contributed by atoms with Crippen molar-refractivity contribution in [2.75, 3.05) is 14.2 Å². The van der Waals surface area contributed by atoms with E-state index in [4.69, 9.17) is 9.47 Å². The molecule has 0 aliphatic heterocycles. The molecular weight excluding hydrogens is 846 g/mol. The Labute approximate surface area is 331 Å². The van der Waals surface area contributed by atoms with Gasteiger partial charge in [-0.25, -0.2) is 8.78 Å². The van der Waals surface area contributed by atoms with E-state index in [1.165, 1.54) is 47.6 Å². The summed E-state index contributed by atoms with van der Waals surface area (Å²) in [5, 5.41) is 20.0. The van der Waals surface area contributed by atoms with Crippen LogP contribution in [-0.4, -0.2) is 57.3 Å². The second kappa shape index (κ2) is 17.0. The van der Waals surface area contributed by atoms with Crippen LogP contribution in [0, 0.1) is 25.5 Å². The second-order valence-corrected chi connectivity index (χ2v) is 14.4. The quantitative estimate of drug-likeness (QED) is 0.139. The van der Waals surface area contributed by atoms with Gasteiger partial charge in [0.15, 0.2) is 23.1 Å². The molecule has 2 N–H and O–H groups in total. The Morgan fingerprint density at radius 1 is 0.709 bits per heavy atom. The number of fused-ring (bicyclic) bond motifs is 2. The minimum atomic E-state index is -1.04. The van der Waals surface area contributed by atoms with E-state index < -0.39 is 29.5 Å². The highest BCUT2D eigenvalue weighted by Gasteiger charge is 2.30. The summed E-state index contributed by atoms with van der Waals surface area (Å²) >= 11 is 6.65. The summed E-state index contributed by atoms with van der Waals surface area (Å²) in [6.45, 7) is 5.25. The van der Waals surface area contributed by atoms with Gasteiger partial charge in [-0.15, -0.1) is 0 Å². The third-order valence-electron chi connectivity index (χ3n) is 9.28. The molecule has 0 saturated heterocycles. The molecule has 286 valence electrons. The molecule has 6 rings (SSSR count). The maximum absolute atomic E-state index is 14.5. The molecule has 0 aliphatic rings. The highest BCUT2D eigenvalue weighted by Crippen LogP contribution is 2.38. The molecule has 2 heterocycles. The van der Waals surface area contributed by atoms with Gasteiger partial charge in [0.25, 0.3) is 11.8 Å². The summed E-state index contributed by atoms with van der Waals surface area (Å²) < 4.78 is 43.2. The van der Waals surface area contributed by atoms with E-state index in [1.54, 1.807) is 62.4 Å². The number of halogens is 4. The first kappa shape index (κ1) is 40.8. The predicted molar refractivity (Wildman–Crippen MR) is 211 cm³/mol. The molecule has 55 heavy (non-hydrogen) atoms. The molecule has 0 radical (unpaired) electrons. The third-order valence-corrected chi connectivity index (χ3v) is 10.3. The first-order chi connectivity index (χ1) is 26.1. The lowest BCUT2D eigenvalue weighted by Gasteiger charge is -2.13. The molecule has 14 heteroatoms. The standard InChI is InChI=1S/C22H21BrFNO4.C19H15BrFNO4/c1-4-5-15(22(27)28)20-12(2)25(21(26)13-6-8-14(23)9-7-13)18-11-17(24)19(29-3)10-16(18)20;1-10-13(8-18(23)24)14-7-17(26-2)15(21)9-16(14)22(10)19(25)11-3-5-12(20)6-4-11/h6-11,15H,4-5H2,1-3H3,(H,27,28);3-7,9H,8H2,1-2H3,(H,23,24).